The number of piperidine rings is 1. The minimum absolute atomic E-state index is 0.170. The Balaban J connectivity index is 1.61. The number of carbonyl (C=O) groups is 2. The summed E-state index contributed by atoms with van der Waals surface area (Å²) in [5, 5.41) is 20.0. The maximum Gasteiger partial charge on any atom is 0.323 e. The fourth-order valence-corrected chi connectivity index (χ4v) is 2.89. The van der Waals surface area contributed by atoms with Crippen molar-refractivity contribution in [3.8, 4) is 0 Å². The lowest BCUT2D eigenvalue weighted by atomic mass is 9.91. The quantitative estimate of drug-likeness (QED) is 0.889. The number of nitrogens with zero attached hydrogens (tertiary/aromatic N) is 3. The molecule has 1 aliphatic carbocycles. The summed E-state index contributed by atoms with van der Waals surface area (Å²) in [6, 6.07) is 3.33. The minimum atomic E-state index is -0.849. The summed E-state index contributed by atoms with van der Waals surface area (Å²) < 4.78 is 0. The monoisotopic (exact) mass is 304 g/mol. The van der Waals surface area contributed by atoms with Crippen molar-refractivity contribution in [3.05, 3.63) is 17.8 Å². The van der Waals surface area contributed by atoms with Crippen molar-refractivity contribution in [1.29, 1.82) is 0 Å². The predicted molar refractivity (Wildman–Crippen MR) is 79.5 cm³/mol. The summed E-state index contributed by atoms with van der Waals surface area (Å²) >= 11 is 0. The first-order chi connectivity index (χ1) is 10.5. The van der Waals surface area contributed by atoms with Crippen molar-refractivity contribution < 1.29 is 14.7 Å². The fraction of sp³-hybridized carbons (Fsp3) is 0.600. The Morgan fingerprint density at radius 1 is 1.27 bits per heavy atom. The second-order valence-electron chi connectivity index (χ2n) is 6.33. The fourth-order valence-electron chi connectivity index (χ4n) is 2.89. The highest BCUT2D eigenvalue weighted by atomic mass is 16.4. The van der Waals surface area contributed by atoms with E-state index in [1.54, 1.807) is 11.0 Å². The van der Waals surface area contributed by atoms with Crippen LogP contribution >= 0.6 is 0 Å². The molecule has 2 amide bonds. The van der Waals surface area contributed by atoms with Gasteiger partial charge in [-0.1, -0.05) is 6.92 Å². The van der Waals surface area contributed by atoms with Gasteiger partial charge in [-0.05, 0) is 37.3 Å². The number of amides is 2. The van der Waals surface area contributed by atoms with E-state index >= 15 is 0 Å². The number of carbonyl (C=O) groups excluding carboxylic acids is 1. The topological polar surface area (TPSA) is 95.4 Å². The van der Waals surface area contributed by atoms with E-state index in [1.807, 2.05) is 13.0 Å². The molecule has 2 N–H and O–H groups in total. The van der Waals surface area contributed by atoms with Crippen LogP contribution < -0.4 is 5.32 Å². The van der Waals surface area contributed by atoms with E-state index in [2.05, 4.69) is 15.5 Å². The van der Waals surface area contributed by atoms with E-state index in [9.17, 15) is 9.59 Å². The summed E-state index contributed by atoms with van der Waals surface area (Å²) in [6.07, 6.45) is 2.92. The first-order valence-corrected chi connectivity index (χ1v) is 7.65. The van der Waals surface area contributed by atoms with E-state index in [-0.39, 0.29) is 18.5 Å². The van der Waals surface area contributed by atoms with E-state index in [0.717, 1.165) is 18.5 Å². The summed E-state index contributed by atoms with van der Waals surface area (Å²) in [5.74, 6) is -0.254. The van der Waals surface area contributed by atoms with Crippen LogP contribution in [0, 0.1) is 11.8 Å². The van der Waals surface area contributed by atoms with Gasteiger partial charge in [0.15, 0.2) is 5.82 Å². The Kier molecular flexibility index (Phi) is 3.96. The molecule has 22 heavy (non-hydrogen) atoms. The molecule has 2 heterocycles. The molecule has 1 saturated carbocycles. The van der Waals surface area contributed by atoms with Crippen molar-refractivity contribution in [2.24, 2.45) is 11.8 Å². The van der Waals surface area contributed by atoms with Gasteiger partial charge in [0.1, 0.15) is 0 Å². The van der Waals surface area contributed by atoms with Crippen LogP contribution in [-0.2, 0) is 4.79 Å². The summed E-state index contributed by atoms with van der Waals surface area (Å²) in [7, 11) is 0. The van der Waals surface area contributed by atoms with Gasteiger partial charge >= 0.3 is 12.0 Å². The summed E-state index contributed by atoms with van der Waals surface area (Å²) in [4.78, 5) is 25.0. The summed E-state index contributed by atoms with van der Waals surface area (Å²) in [5.41, 5.74) is 0.968. The van der Waals surface area contributed by atoms with Crippen molar-refractivity contribution in [2.75, 3.05) is 18.4 Å². The number of carboxylic acids is 1. The minimum Gasteiger partial charge on any atom is -0.481 e. The van der Waals surface area contributed by atoms with Crippen molar-refractivity contribution >= 4 is 17.8 Å². The van der Waals surface area contributed by atoms with E-state index in [1.165, 1.54) is 0 Å². The number of carboxylic acid groups (broad SMARTS) is 1. The third kappa shape index (κ3) is 3.35. The third-order valence-electron chi connectivity index (χ3n) is 4.21. The molecule has 0 radical (unpaired) electrons. The van der Waals surface area contributed by atoms with Gasteiger partial charge in [0, 0.05) is 19.0 Å². The average molecular weight is 304 g/mol. The largest absolute Gasteiger partial charge is 0.481 e. The van der Waals surface area contributed by atoms with Crippen LogP contribution in [0.2, 0.25) is 0 Å². The Labute approximate surface area is 128 Å². The van der Waals surface area contributed by atoms with Crippen molar-refractivity contribution in [3.63, 3.8) is 0 Å². The normalized spacial score (nSPS) is 24.9. The number of anilines is 1. The van der Waals surface area contributed by atoms with Gasteiger partial charge in [0.2, 0.25) is 0 Å². The highest BCUT2D eigenvalue weighted by Gasteiger charge is 2.32. The second-order valence-corrected chi connectivity index (χ2v) is 6.33. The Morgan fingerprint density at radius 2 is 2.05 bits per heavy atom. The average Bonchev–Trinajstić information content (AvgIpc) is 3.32. The Bertz CT molecular complexity index is 571. The molecule has 2 unspecified atom stereocenters. The van der Waals surface area contributed by atoms with E-state index < -0.39 is 11.9 Å². The number of nitrogens with one attached hydrogen (secondary N) is 1. The molecule has 1 aliphatic heterocycles. The molecule has 7 heteroatoms. The van der Waals surface area contributed by atoms with Gasteiger partial charge in [-0.3, -0.25) is 10.1 Å². The maximum atomic E-state index is 12.3. The Hall–Kier alpha value is -2.18. The number of urea groups is 1. The molecule has 3 rings (SSSR count). The number of likely N-dealkylation sites (tertiary alicyclic amines) is 1. The molecule has 2 atom stereocenters. The van der Waals surface area contributed by atoms with Gasteiger partial charge in [-0.25, -0.2) is 4.79 Å². The van der Waals surface area contributed by atoms with Gasteiger partial charge in [-0.2, -0.15) is 5.10 Å². The molecular weight excluding hydrogens is 284 g/mol. The lowest BCUT2D eigenvalue weighted by Crippen LogP contribution is -2.47. The Morgan fingerprint density at radius 3 is 2.64 bits per heavy atom. The number of hydrogen-bond acceptors (Lipinski definition) is 4. The zero-order valence-electron chi connectivity index (χ0n) is 12.5. The van der Waals surface area contributed by atoms with Gasteiger partial charge in [0.05, 0.1) is 11.6 Å². The number of aliphatic carboxylic acids is 1. The van der Waals surface area contributed by atoms with Crippen LogP contribution in [-0.4, -0.2) is 45.3 Å². The van der Waals surface area contributed by atoms with Gasteiger partial charge in [0.25, 0.3) is 0 Å². The zero-order chi connectivity index (χ0) is 15.7. The van der Waals surface area contributed by atoms with Gasteiger partial charge in [-0.15, -0.1) is 5.10 Å². The number of hydrogen-bond donors (Lipinski definition) is 2. The second kappa shape index (κ2) is 5.90. The molecule has 1 saturated heterocycles. The molecule has 2 fully saturated rings. The molecular formula is C15H20N4O3. The first-order valence-electron chi connectivity index (χ1n) is 7.65. The highest BCUT2D eigenvalue weighted by molar-refractivity contribution is 5.88. The van der Waals surface area contributed by atoms with Crippen molar-refractivity contribution in [1.82, 2.24) is 15.1 Å². The molecule has 2 aliphatic rings. The molecule has 0 bridgehead atoms. The van der Waals surface area contributed by atoms with Crippen LogP contribution in [0.4, 0.5) is 10.6 Å². The van der Waals surface area contributed by atoms with Gasteiger partial charge < -0.3 is 10.0 Å². The molecule has 1 aromatic rings. The van der Waals surface area contributed by atoms with Crippen LogP contribution in [0.1, 0.15) is 37.8 Å². The van der Waals surface area contributed by atoms with Crippen molar-refractivity contribution in [2.45, 2.75) is 32.1 Å². The first kappa shape index (κ1) is 14.7. The zero-order valence-corrected chi connectivity index (χ0v) is 12.5. The predicted octanol–water partition coefficient (Wildman–Crippen LogP) is 1.93. The lowest BCUT2D eigenvalue weighted by Gasteiger charge is -2.34. The van der Waals surface area contributed by atoms with E-state index in [4.69, 9.17) is 5.11 Å². The molecule has 0 aromatic carbocycles. The van der Waals surface area contributed by atoms with Crippen LogP contribution in [0.25, 0.3) is 0 Å². The molecule has 7 nitrogen and oxygen atoms in total. The summed E-state index contributed by atoms with van der Waals surface area (Å²) in [6.45, 7) is 2.75. The molecule has 0 spiro atoms. The highest BCUT2D eigenvalue weighted by Crippen LogP contribution is 2.38. The third-order valence-corrected chi connectivity index (χ3v) is 4.21. The maximum absolute atomic E-state index is 12.3. The number of rotatable bonds is 3. The molecule has 1 aromatic heterocycles. The SMILES string of the molecule is CC1CC(C(=O)O)CN(C(=O)Nc2ccc(C3CC3)nn2)C1. The number of aromatic nitrogens is 2. The van der Waals surface area contributed by atoms with E-state index in [0.29, 0.717) is 24.7 Å². The molecule has 118 valence electrons. The standard InChI is InChI=1S/C15H20N4O3/c1-9-6-11(14(20)21)8-19(7-9)15(22)16-13-5-4-12(17-18-13)10-2-3-10/h4-5,9-11H,2-3,6-8H2,1H3,(H,20,21)(H,16,18,22). The van der Waals surface area contributed by atoms with Crippen LogP contribution in [0.3, 0.4) is 0 Å². The smallest absolute Gasteiger partial charge is 0.323 e. The lowest BCUT2D eigenvalue weighted by molar-refractivity contribution is -0.143. The van der Waals surface area contributed by atoms with Crippen LogP contribution in [0.15, 0.2) is 12.1 Å². The van der Waals surface area contributed by atoms with Crippen LogP contribution in [0.5, 0.6) is 0 Å².